The number of hydrogen-bond donors (Lipinski definition) is 1. The van der Waals surface area contributed by atoms with Crippen LogP contribution in [0.4, 0.5) is 23.2 Å². The van der Waals surface area contributed by atoms with Crippen LogP contribution in [0.5, 0.6) is 5.75 Å². The van der Waals surface area contributed by atoms with E-state index in [1.165, 1.54) is 43.3 Å². The highest BCUT2D eigenvalue weighted by Crippen LogP contribution is 2.24. The second-order valence-corrected chi connectivity index (χ2v) is 5.50. The molecule has 1 atom stereocenters. The SMILES string of the molecule is C[C@H](OC(=O)/C=C/c1ccccc1F)C(=O)Nc1ccc(OC(F)(F)F)cc1. The van der Waals surface area contributed by atoms with Gasteiger partial charge in [-0.2, -0.15) is 0 Å². The Morgan fingerprint density at radius 3 is 2.32 bits per heavy atom. The number of halogens is 4. The van der Waals surface area contributed by atoms with Crippen molar-refractivity contribution in [1.82, 2.24) is 0 Å². The van der Waals surface area contributed by atoms with Crippen LogP contribution in [0.25, 0.3) is 6.08 Å². The van der Waals surface area contributed by atoms with Gasteiger partial charge in [-0.1, -0.05) is 18.2 Å². The topological polar surface area (TPSA) is 64.6 Å². The van der Waals surface area contributed by atoms with Gasteiger partial charge in [0.15, 0.2) is 6.10 Å². The summed E-state index contributed by atoms with van der Waals surface area (Å²) in [4.78, 5) is 23.7. The third kappa shape index (κ3) is 6.75. The molecule has 5 nitrogen and oxygen atoms in total. The summed E-state index contributed by atoms with van der Waals surface area (Å²) in [7, 11) is 0. The molecule has 2 aromatic carbocycles. The highest BCUT2D eigenvalue weighted by Gasteiger charge is 2.31. The Balaban J connectivity index is 1.88. The van der Waals surface area contributed by atoms with Crippen LogP contribution in [0.1, 0.15) is 12.5 Å². The lowest BCUT2D eigenvalue weighted by Gasteiger charge is -2.13. The minimum atomic E-state index is -4.82. The Bertz CT molecular complexity index is 863. The molecule has 0 saturated heterocycles. The van der Waals surface area contributed by atoms with Gasteiger partial charge >= 0.3 is 12.3 Å². The van der Waals surface area contributed by atoms with Crippen molar-refractivity contribution in [2.75, 3.05) is 5.32 Å². The maximum absolute atomic E-state index is 13.5. The van der Waals surface area contributed by atoms with Gasteiger partial charge in [-0.05, 0) is 43.3 Å². The molecule has 2 aromatic rings. The van der Waals surface area contributed by atoms with Crippen LogP contribution >= 0.6 is 0 Å². The Morgan fingerprint density at radius 1 is 1.07 bits per heavy atom. The maximum Gasteiger partial charge on any atom is 0.573 e. The monoisotopic (exact) mass is 397 g/mol. The average molecular weight is 397 g/mol. The summed E-state index contributed by atoms with van der Waals surface area (Å²) in [6, 6.07) is 10.2. The molecule has 0 radical (unpaired) electrons. The van der Waals surface area contributed by atoms with E-state index in [-0.39, 0.29) is 11.3 Å². The largest absolute Gasteiger partial charge is 0.573 e. The molecule has 148 valence electrons. The van der Waals surface area contributed by atoms with E-state index in [4.69, 9.17) is 4.74 Å². The second kappa shape index (κ2) is 9.03. The number of benzene rings is 2. The number of nitrogens with one attached hydrogen (secondary N) is 1. The first-order chi connectivity index (χ1) is 13.1. The molecular formula is C19H15F4NO4. The fraction of sp³-hybridized carbons (Fsp3) is 0.158. The van der Waals surface area contributed by atoms with E-state index >= 15 is 0 Å². The van der Waals surface area contributed by atoms with Gasteiger partial charge in [0, 0.05) is 17.3 Å². The molecule has 0 spiro atoms. The van der Waals surface area contributed by atoms with Crippen molar-refractivity contribution in [3.05, 3.63) is 66.0 Å². The molecule has 0 aliphatic rings. The van der Waals surface area contributed by atoms with Crippen LogP contribution in [-0.4, -0.2) is 24.3 Å². The first-order valence-electron chi connectivity index (χ1n) is 7.94. The summed E-state index contributed by atoms with van der Waals surface area (Å²) < 4.78 is 58.4. The van der Waals surface area contributed by atoms with E-state index in [9.17, 15) is 27.2 Å². The van der Waals surface area contributed by atoms with Crippen LogP contribution in [0.3, 0.4) is 0 Å². The second-order valence-electron chi connectivity index (χ2n) is 5.50. The zero-order chi connectivity index (χ0) is 20.7. The Morgan fingerprint density at radius 2 is 1.71 bits per heavy atom. The van der Waals surface area contributed by atoms with E-state index in [0.717, 1.165) is 18.2 Å². The summed E-state index contributed by atoms with van der Waals surface area (Å²) in [5.41, 5.74) is 0.363. The molecule has 0 aliphatic heterocycles. The highest BCUT2D eigenvalue weighted by atomic mass is 19.4. The number of amides is 1. The number of ether oxygens (including phenoxy) is 2. The summed E-state index contributed by atoms with van der Waals surface area (Å²) in [6.07, 6.45) is -3.82. The molecule has 0 aromatic heterocycles. The third-order valence-corrected chi connectivity index (χ3v) is 3.32. The molecule has 28 heavy (non-hydrogen) atoms. The first-order valence-corrected chi connectivity index (χ1v) is 7.94. The molecule has 0 fully saturated rings. The standard InChI is InChI=1S/C19H15F4NO4/c1-12(27-17(25)11-6-13-4-2-3-5-16(13)20)18(26)24-14-7-9-15(10-8-14)28-19(21,22)23/h2-12H,1H3,(H,24,26)/b11-6+/t12-/m0/s1. The molecule has 0 saturated carbocycles. The van der Waals surface area contributed by atoms with Crippen molar-refractivity contribution in [2.24, 2.45) is 0 Å². The molecule has 0 heterocycles. The van der Waals surface area contributed by atoms with Gasteiger partial charge in [0.1, 0.15) is 11.6 Å². The number of anilines is 1. The van der Waals surface area contributed by atoms with Gasteiger partial charge in [-0.25, -0.2) is 9.18 Å². The maximum atomic E-state index is 13.5. The molecule has 0 unspecified atom stereocenters. The van der Waals surface area contributed by atoms with Gasteiger partial charge in [0.25, 0.3) is 5.91 Å². The number of hydrogen-bond acceptors (Lipinski definition) is 4. The van der Waals surface area contributed by atoms with Gasteiger partial charge in [-0.3, -0.25) is 4.79 Å². The highest BCUT2D eigenvalue weighted by molar-refractivity contribution is 5.96. The van der Waals surface area contributed by atoms with Crippen LogP contribution < -0.4 is 10.1 Å². The lowest BCUT2D eigenvalue weighted by molar-refractivity contribution is -0.274. The number of alkyl halides is 3. The average Bonchev–Trinajstić information content (AvgIpc) is 2.61. The molecule has 9 heteroatoms. The third-order valence-electron chi connectivity index (χ3n) is 3.32. The van der Waals surface area contributed by atoms with Crippen molar-refractivity contribution < 1.29 is 36.6 Å². The number of carbonyl (C=O) groups excluding carboxylic acids is 2. The van der Waals surface area contributed by atoms with Crippen molar-refractivity contribution in [3.8, 4) is 5.75 Å². The molecule has 1 amide bonds. The van der Waals surface area contributed by atoms with E-state index in [0.29, 0.717) is 0 Å². The normalized spacial score (nSPS) is 12.5. The van der Waals surface area contributed by atoms with E-state index in [1.807, 2.05) is 0 Å². The van der Waals surface area contributed by atoms with Gasteiger partial charge in [0.2, 0.25) is 0 Å². The van der Waals surface area contributed by atoms with Crippen LogP contribution in [0.15, 0.2) is 54.6 Å². The van der Waals surface area contributed by atoms with Gasteiger partial charge < -0.3 is 14.8 Å². The summed E-state index contributed by atoms with van der Waals surface area (Å²) in [5, 5.41) is 2.38. The molecule has 0 bridgehead atoms. The van der Waals surface area contributed by atoms with Crippen LogP contribution in [-0.2, 0) is 14.3 Å². The lowest BCUT2D eigenvalue weighted by Crippen LogP contribution is -2.29. The van der Waals surface area contributed by atoms with E-state index < -0.39 is 35.9 Å². The van der Waals surface area contributed by atoms with Crippen molar-refractivity contribution in [3.63, 3.8) is 0 Å². The van der Waals surface area contributed by atoms with Crippen LogP contribution in [0.2, 0.25) is 0 Å². The Kier molecular flexibility index (Phi) is 6.75. The zero-order valence-electron chi connectivity index (χ0n) is 14.5. The molecule has 0 aliphatic carbocycles. The summed E-state index contributed by atoms with van der Waals surface area (Å²) in [6.45, 7) is 1.31. The van der Waals surface area contributed by atoms with Crippen molar-refractivity contribution >= 4 is 23.6 Å². The van der Waals surface area contributed by atoms with Gasteiger partial charge in [0.05, 0.1) is 0 Å². The predicted octanol–water partition coefficient (Wildman–Crippen LogP) is 4.31. The lowest BCUT2D eigenvalue weighted by atomic mass is 10.2. The molecular weight excluding hydrogens is 382 g/mol. The van der Waals surface area contributed by atoms with Crippen molar-refractivity contribution in [2.45, 2.75) is 19.4 Å². The minimum absolute atomic E-state index is 0.178. The fourth-order valence-electron chi connectivity index (χ4n) is 2.02. The van der Waals surface area contributed by atoms with E-state index in [1.54, 1.807) is 6.07 Å². The number of rotatable bonds is 6. The fourth-order valence-corrected chi connectivity index (χ4v) is 2.02. The number of carbonyl (C=O) groups is 2. The van der Waals surface area contributed by atoms with E-state index in [2.05, 4.69) is 10.1 Å². The molecule has 1 N–H and O–H groups in total. The minimum Gasteiger partial charge on any atom is -0.449 e. The zero-order valence-corrected chi connectivity index (χ0v) is 14.5. The van der Waals surface area contributed by atoms with Crippen molar-refractivity contribution in [1.29, 1.82) is 0 Å². The predicted molar refractivity (Wildman–Crippen MR) is 92.7 cm³/mol. The summed E-state index contributed by atoms with van der Waals surface area (Å²) >= 11 is 0. The molecule has 2 rings (SSSR count). The smallest absolute Gasteiger partial charge is 0.449 e. The first kappa shape index (κ1) is 20.9. The Labute approximate surface area is 157 Å². The van der Waals surface area contributed by atoms with Crippen LogP contribution in [0, 0.1) is 5.82 Å². The quantitative estimate of drug-likeness (QED) is 0.448. The summed E-state index contributed by atoms with van der Waals surface area (Å²) in [5.74, 6) is -2.52. The van der Waals surface area contributed by atoms with Gasteiger partial charge in [-0.15, -0.1) is 13.2 Å². The number of esters is 1. The Hall–Kier alpha value is -3.36.